The van der Waals surface area contributed by atoms with Gasteiger partial charge in [0.05, 0.1) is 10.6 Å². The molecule has 0 N–H and O–H groups in total. The second kappa shape index (κ2) is 8.63. The Labute approximate surface area is 189 Å². The number of amides is 2. The van der Waals surface area contributed by atoms with Crippen LogP contribution in [0.25, 0.3) is 27.9 Å². The van der Waals surface area contributed by atoms with E-state index in [4.69, 9.17) is 4.84 Å². The van der Waals surface area contributed by atoms with E-state index in [0.717, 1.165) is 51.2 Å². The maximum absolute atomic E-state index is 12.5. The number of fused-ring (bicyclic) bond motifs is 3. The largest absolute Gasteiger partial charge is 0.341 e. The summed E-state index contributed by atoms with van der Waals surface area (Å²) in [5.41, 5.74) is 4.46. The van der Waals surface area contributed by atoms with E-state index < -0.39 is 5.97 Å². The van der Waals surface area contributed by atoms with Crippen molar-refractivity contribution in [1.82, 2.24) is 9.47 Å². The van der Waals surface area contributed by atoms with E-state index in [9.17, 15) is 14.4 Å². The van der Waals surface area contributed by atoms with Crippen LogP contribution in [-0.4, -0.2) is 38.8 Å². The topological polar surface area (TPSA) is 81.0 Å². The number of carbonyl (C=O) groups is 3. The highest BCUT2D eigenvalue weighted by atomic mass is 32.2. The standard InChI is InChI=1S/C24H23N3O4S/c1-5-26-20-9-7-16(12-22-23(29)27(6-2)24(30)32-22)11-18(20)19-13-17(8-10-21(19)26)14(3)25-31-15(4)28/h7-13H,5-6H2,1-4H3/b22-12-,25-14+. The maximum atomic E-state index is 12.5. The van der Waals surface area contributed by atoms with E-state index in [1.165, 1.54) is 11.8 Å². The number of aryl methyl sites for hydroxylation is 1. The molecule has 164 valence electrons. The molecule has 2 heterocycles. The molecule has 4 rings (SSSR count). The first-order valence-corrected chi connectivity index (χ1v) is 11.2. The van der Waals surface area contributed by atoms with Gasteiger partial charge >= 0.3 is 5.97 Å². The van der Waals surface area contributed by atoms with Crippen LogP contribution in [0.15, 0.2) is 46.5 Å². The summed E-state index contributed by atoms with van der Waals surface area (Å²) in [5, 5.41) is 5.73. The SMILES string of the molecule is CCN1C(=O)S/C(=C\c2ccc3c(c2)c2cc(/C(C)=N/OC(C)=O)ccc2n3CC)C1=O. The van der Waals surface area contributed by atoms with Gasteiger partial charge in [0, 0.05) is 41.8 Å². The van der Waals surface area contributed by atoms with Crippen LogP contribution in [0.5, 0.6) is 0 Å². The summed E-state index contributed by atoms with van der Waals surface area (Å²) < 4.78 is 2.22. The Morgan fingerprint density at radius 2 is 1.72 bits per heavy atom. The van der Waals surface area contributed by atoms with Gasteiger partial charge in [-0.2, -0.15) is 0 Å². The Kier molecular flexibility index (Phi) is 5.88. The third-order valence-electron chi connectivity index (χ3n) is 5.42. The fourth-order valence-electron chi connectivity index (χ4n) is 3.89. The highest BCUT2D eigenvalue weighted by Gasteiger charge is 2.33. The number of rotatable bonds is 5. The van der Waals surface area contributed by atoms with Gasteiger partial charge < -0.3 is 9.40 Å². The zero-order chi connectivity index (χ0) is 23.0. The molecular formula is C24H23N3O4S. The van der Waals surface area contributed by atoms with E-state index in [1.54, 1.807) is 19.9 Å². The molecule has 32 heavy (non-hydrogen) atoms. The lowest BCUT2D eigenvalue weighted by Crippen LogP contribution is -2.27. The number of aromatic nitrogens is 1. The number of carbonyl (C=O) groups excluding carboxylic acids is 3. The molecule has 2 aromatic carbocycles. The fraction of sp³-hybridized carbons (Fsp3) is 0.250. The third kappa shape index (κ3) is 3.82. The Morgan fingerprint density at radius 3 is 2.34 bits per heavy atom. The Bertz CT molecular complexity index is 1340. The van der Waals surface area contributed by atoms with Crippen molar-refractivity contribution in [3.05, 3.63) is 52.4 Å². The second-order valence-corrected chi connectivity index (χ2v) is 8.43. The van der Waals surface area contributed by atoms with E-state index in [2.05, 4.69) is 16.6 Å². The molecule has 0 atom stereocenters. The third-order valence-corrected chi connectivity index (χ3v) is 6.33. The van der Waals surface area contributed by atoms with Gasteiger partial charge in [-0.3, -0.25) is 14.5 Å². The van der Waals surface area contributed by atoms with Crippen LogP contribution in [-0.2, 0) is 21.0 Å². The zero-order valence-corrected chi connectivity index (χ0v) is 19.2. The van der Waals surface area contributed by atoms with Gasteiger partial charge in [-0.15, -0.1) is 0 Å². The van der Waals surface area contributed by atoms with Crippen LogP contribution in [0.1, 0.15) is 38.8 Å². The minimum atomic E-state index is -0.467. The number of likely N-dealkylation sites (N-methyl/N-ethyl adjacent to an activating group) is 1. The summed E-state index contributed by atoms with van der Waals surface area (Å²) in [6, 6.07) is 12.0. The molecule has 0 unspecified atom stereocenters. The molecule has 0 radical (unpaired) electrons. The molecule has 1 aromatic heterocycles. The van der Waals surface area contributed by atoms with Crippen LogP contribution in [0.2, 0.25) is 0 Å². The molecule has 7 nitrogen and oxygen atoms in total. The lowest BCUT2D eigenvalue weighted by molar-refractivity contribution is -0.140. The predicted octanol–water partition coefficient (Wildman–Crippen LogP) is 5.16. The van der Waals surface area contributed by atoms with Gasteiger partial charge in [0.15, 0.2) is 0 Å². The number of hydrogen-bond donors (Lipinski definition) is 0. The van der Waals surface area contributed by atoms with Gasteiger partial charge in [0.2, 0.25) is 0 Å². The molecule has 0 bridgehead atoms. The maximum Gasteiger partial charge on any atom is 0.331 e. The van der Waals surface area contributed by atoms with E-state index in [1.807, 2.05) is 36.4 Å². The van der Waals surface area contributed by atoms with Crippen LogP contribution in [0.4, 0.5) is 4.79 Å². The van der Waals surface area contributed by atoms with Gasteiger partial charge in [0.1, 0.15) is 0 Å². The van der Waals surface area contributed by atoms with Crippen molar-refractivity contribution in [3.63, 3.8) is 0 Å². The minimum absolute atomic E-state index is 0.236. The first-order valence-electron chi connectivity index (χ1n) is 10.4. The molecule has 0 saturated carbocycles. The van der Waals surface area contributed by atoms with Crippen molar-refractivity contribution in [2.75, 3.05) is 6.54 Å². The quantitative estimate of drug-likeness (QED) is 0.233. The summed E-state index contributed by atoms with van der Waals surface area (Å²) in [5.74, 6) is -0.719. The summed E-state index contributed by atoms with van der Waals surface area (Å²) in [4.78, 5) is 42.0. The van der Waals surface area contributed by atoms with E-state index in [0.29, 0.717) is 17.2 Å². The summed E-state index contributed by atoms with van der Waals surface area (Å²) in [7, 11) is 0. The highest BCUT2D eigenvalue weighted by molar-refractivity contribution is 8.18. The fourth-order valence-corrected chi connectivity index (χ4v) is 4.79. The van der Waals surface area contributed by atoms with Gasteiger partial charge in [-0.05, 0) is 74.0 Å². The predicted molar refractivity (Wildman–Crippen MR) is 127 cm³/mol. The minimum Gasteiger partial charge on any atom is -0.341 e. The monoisotopic (exact) mass is 449 g/mol. The van der Waals surface area contributed by atoms with Crippen molar-refractivity contribution in [2.45, 2.75) is 34.2 Å². The molecule has 1 fully saturated rings. The van der Waals surface area contributed by atoms with Gasteiger partial charge in [-0.25, -0.2) is 4.79 Å². The van der Waals surface area contributed by atoms with Crippen LogP contribution in [0.3, 0.4) is 0 Å². The normalized spacial score (nSPS) is 16.1. The lowest BCUT2D eigenvalue weighted by atomic mass is 10.0. The van der Waals surface area contributed by atoms with Crippen molar-refractivity contribution in [2.24, 2.45) is 5.16 Å². The van der Waals surface area contributed by atoms with Gasteiger partial charge in [0.25, 0.3) is 11.1 Å². The number of thioether (sulfide) groups is 1. The second-order valence-electron chi connectivity index (χ2n) is 7.44. The molecule has 8 heteroatoms. The first-order chi connectivity index (χ1) is 15.3. The summed E-state index contributed by atoms with van der Waals surface area (Å²) >= 11 is 0.970. The summed E-state index contributed by atoms with van der Waals surface area (Å²) in [6.07, 6.45) is 1.77. The number of hydrogen-bond acceptors (Lipinski definition) is 6. The van der Waals surface area contributed by atoms with Crippen molar-refractivity contribution in [3.8, 4) is 0 Å². The van der Waals surface area contributed by atoms with Gasteiger partial charge in [-0.1, -0.05) is 17.3 Å². The van der Waals surface area contributed by atoms with E-state index >= 15 is 0 Å². The number of oxime groups is 1. The molecule has 1 saturated heterocycles. The molecule has 1 aliphatic heterocycles. The smallest absolute Gasteiger partial charge is 0.331 e. The molecular weight excluding hydrogens is 426 g/mol. The molecule has 0 aliphatic carbocycles. The summed E-state index contributed by atoms with van der Waals surface area (Å²) in [6.45, 7) is 8.14. The Hall–Kier alpha value is -3.39. The average Bonchev–Trinajstić information content (AvgIpc) is 3.23. The number of benzene rings is 2. The van der Waals surface area contributed by atoms with Crippen LogP contribution >= 0.6 is 11.8 Å². The van der Waals surface area contributed by atoms with Crippen molar-refractivity contribution in [1.29, 1.82) is 0 Å². The lowest BCUT2D eigenvalue weighted by Gasteiger charge is -2.07. The molecule has 3 aromatic rings. The number of nitrogens with zero attached hydrogens (tertiary/aromatic N) is 3. The Balaban J connectivity index is 1.83. The highest BCUT2D eigenvalue weighted by Crippen LogP contribution is 2.34. The molecule has 1 aliphatic rings. The average molecular weight is 450 g/mol. The number of imide groups is 1. The molecule has 0 spiro atoms. The van der Waals surface area contributed by atoms with Crippen molar-refractivity contribution >= 4 is 62.5 Å². The molecule has 2 amide bonds. The van der Waals surface area contributed by atoms with Crippen LogP contribution in [0, 0.1) is 0 Å². The zero-order valence-electron chi connectivity index (χ0n) is 18.3. The first kappa shape index (κ1) is 21.8. The van der Waals surface area contributed by atoms with Crippen LogP contribution < -0.4 is 0 Å². The van der Waals surface area contributed by atoms with E-state index in [-0.39, 0.29) is 11.1 Å². The Morgan fingerprint density at radius 1 is 1.03 bits per heavy atom. The van der Waals surface area contributed by atoms with Crippen molar-refractivity contribution < 1.29 is 19.2 Å².